The van der Waals surface area contributed by atoms with Crippen molar-refractivity contribution < 1.29 is 27.8 Å². The van der Waals surface area contributed by atoms with Gasteiger partial charge in [-0.05, 0) is 23.8 Å². The molecule has 0 bridgehead atoms. The van der Waals surface area contributed by atoms with Gasteiger partial charge in [0.15, 0.2) is 0 Å². The monoisotopic (exact) mass is 382 g/mol. The molecule has 2 atom stereocenters. The highest BCUT2D eigenvalue weighted by Crippen LogP contribution is 2.31. The van der Waals surface area contributed by atoms with E-state index in [1.165, 1.54) is 12.1 Å². The van der Waals surface area contributed by atoms with Gasteiger partial charge in [-0.2, -0.15) is 13.2 Å². The van der Waals surface area contributed by atoms with Crippen molar-refractivity contribution in [1.29, 1.82) is 0 Å². The first kappa shape index (κ1) is 20.7. The molecule has 0 fully saturated rings. The number of aliphatic hydroxyl groups excluding tert-OH is 1. The van der Waals surface area contributed by atoms with Crippen LogP contribution in [0.3, 0.4) is 0 Å². The second kappa shape index (κ2) is 9.38. The zero-order chi connectivity index (χ0) is 19.9. The zero-order valence-corrected chi connectivity index (χ0v) is 14.4. The number of nitrogens with one attached hydrogen (secondary N) is 1. The molecule has 1 amide bonds. The Morgan fingerprint density at radius 2 is 1.85 bits per heavy atom. The minimum Gasteiger partial charge on any atom is -0.491 e. The molecule has 0 aliphatic heterocycles. The molecule has 27 heavy (non-hydrogen) atoms. The van der Waals surface area contributed by atoms with Crippen LogP contribution >= 0.6 is 0 Å². The lowest BCUT2D eigenvalue weighted by atomic mass is 10.0. The van der Waals surface area contributed by atoms with Gasteiger partial charge in [-0.3, -0.25) is 4.79 Å². The molecule has 0 aromatic heterocycles. The quantitative estimate of drug-likeness (QED) is 0.655. The fourth-order valence-corrected chi connectivity index (χ4v) is 2.34. The molecule has 0 radical (unpaired) electrons. The average Bonchev–Trinajstić information content (AvgIpc) is 2.65. The van der Waals surface area contributed by atoms with Crippen molar-refractivity contribution in [1.82, 2.24) is 5.32 Å². The molecule has 4 N–H and O–H groups in total. The zero-order valence-electron chi connectivity index (χ0n) is 14.4. The van der Waals surface area contributed by atoms with E-state index in [4.69, 9.17) is 10.5 Å². The SMILES string of the molecule is NC(CC(=O)NCC(O)COc1cccc(C(F)(F)F)c1)c1ccccc1. The number of carbonyl (C=O) groups excluding carboxylic acids is 1. The Balaban J connectivity index is 1.74. The third-order valence-electron chi connectivity index (χ3n) is 3.77. The second-order valence-electron chi connectivity index (χ2n) is 6.02. The van der Waals surface area contributed by atoms with Crippen LogP contribution in [0.15, 0.2) is 54.6 Å². The maximum Gasteiger partial charge on any atom is 0.416 e. The van der Waals surface area contributed by atoms with Crippen LogP contribution < -0.4 is 15.8 Å². The Kier molecular flexibility index (Phi) is 7.20. The van der Waals surface area contributed by atoms with E-state index in [0.717, 1.165) is 17.7 Å². The molecule has 146 valence electrons. The second-order valence-corrected chi connectivity index (χ2v) is 6.02. The van der Waals surface area contributed by atoms with E-state index >= 15 is 0 Å². The number of ether oxygens (including phenoxy) is 1. The summed E-state index contributed by atoms with van der Waals surface area (Å²) in [6.07, 6.45) is -5.49. The summed E-state index contributed by atoms with van der Waals surface area (Å²) in [6, 6.07) is 13.0. The van der Waals surface area contributed by atoms with Crippen LogP contribution in [0, 0.1) is 0 Å². The molecule has 0 saturated heterocycles. The lowest BCUT2D eigenvalue weighted by Crippen LogP contribution is -2.36. The number of alkyl halides is 3. The number of carbonyl (C=O) groups is 1. The van der Waals surface area contributed by atoms with Crippen molar-refractivity contribution >= 4 is 5.91 Å². The van der Waals surface area contributed by atoms with Gasteiger partial charge in [-0.1, -0.05) is 36.4 Å². The summed E-state index contributed by atoms with van der Waals surface area (Å²) in [5.41, 5.74) is 5.93. The summed E-state index contributed by atoms with van der Waals surface area (Å²) >= 11 is 0. The smallest absolute Gasteiger partial charge is 0.416 e. The first-order chi connectivity index (χ1) is 12.8. The summed E-state index contributed by atoms with van der Waals surface area (Å²) in [5, 5.41) is 12.4. The maximum absolute atomic E-state index is 12.6. The molecule has 2 unspecified atom stereocenters. The molecular formula is C19H21F3N2O3. The van der Waals surface area contributed by atoms with E-state index in [2.05, 4.69) is 5.32 Å². The molecule has 8 heteroatoms. The third kappa shape index (κ3) is 6.92. The van der Waals surface area contributed by atoms with Crippen molar-refractivity contribution in [3.05, 3.63) is 65.7 Å². The highest BCUT2D eigenvalue weighted by atomic mass is 19.4. The van der Waals surface area contributed by atoms with Gasteiger partial charge < -0.3 is 20.9 Å². The van der Waals surface area contributed by atoms with Crippen molar-refractivity contribution in [3.8, 4) is 5.75 Å². The Bertz CT molecular complexity index is 738. The first-order valence-electron chi connectivity index (χ1n) is 8.31. The Morgan fingerprint density at radius 1 is 1.15 bits per heavy atom. The molecule has 0 aliphatic carbocycles. The van der Waals surface area contributed by atoms with E-state index in [1.54, 1.807) is 0 Å². The molecule has 5 nitrogen and oxygen atoms in total. The van der Waals surface area contributed by atoms with E-state index in [9.17, 15) is 23.1 Å². The Hall–Kier alpha value is -2.58. The van der Waals surface area contributed by atoms with E-state index < -0.39 is 23.9 Å². The van der Waals surface area contributed by atoms with Gasteiger partial charge in [0.25, 0.3) is 0 Å². The molecule has 2 aromatic carbocycles. The van der Waals surface area contributed by atoms with Crippen LogP contribution in [0.2, 0.25) is 0 Å². The number of hydrogen-bond acceptors (Lipinski definition) is 4. The fraction of sp³-hybridized carbons (Fsp3) is 0.316. The van der Waals surface area contributed by atoms with Gasteiger partial charge in [0.2, 0.25) is 5.91 Å². The topological polar surface area (TPSA) is 84.6 Å². The van der Waals surface area contributed by atoms with Crippen molar-refractivity contribution in [2.45, 2.75) is 24.7 Å². The van der Waals surface area contributed by atoms with Crippen molar-refractivity contribution in [2.75, 3.05) is 13.2 Å². The molecule has 2 rings (SSSR count). The van der Waals surface area contributed by atoms with Crippen molar-refractivity contribution in [3.63, 3.8) is 0 Å². The highest BCUT2D eigenvalue weighted by molar-refractivity contribution is 5.76. The molecule has 2 aromatic rings. The van der Waals surface area contributed by atoms with Crippen LogP contribution in [0.4, 0.5) is 13.2 Å². The summed E-state index contributed by atoms with van der Waals surface area (Å²) in [7, 11) is 0. The van der Waals surface area contributed by atoms with E-state index in [-0.39, 0.29) is 31.2 Å². The number of aliphatic hydroxyl groups is 1. The van der Waals surface area contributed by atoms with E-state index in [1.807, 2.05) is 30.3 Å². The van der Waals surface area contributed by atoms with Crippen LogP contribution in [-0.2, 0) is 11.0 Å². The van der Waals surface area contributed by atoms with Crippen LogP contribution in [0.5, 0.6) is 5.75 Å². The largest absolute Gasteiger partial charge is 0.491 e. The molecule has 0 aliphatic rings. The minimum atomic E-state index is -4.47. The van der Waals surface area contributed by atoms with Gasteiger partial charge in [0.1, 0.15) is 18.5 Å². The summed E-state index contributed by atoms with van der Waals surface area (Å²) in [6.45, 7) is -0.356. The molecule has 0 heterocycles. The maximum atomic E-state index is 12.6. The third-order valence-corrected chi connectivity index (χ3v) is 3.77. The molecular weight excluding hydrogens is 361 g/mol. The van der Waals surface area contributed by atoms with Gasteiger partial charge >= 0.3 is 6.18 Å². The lowest BCUT2D eigenvalue weighted by Gasteiger charge is -2.16. The number of rotatable bonds is 8. The Morgan fingerprint density at radius 3 is 2.52 bits per heavy atom. The van der Waals surface area contributed by atoms with Gasteiger partial charge in [-0.15, -0.1) is 0 Å². The van der Waals surface area contributed by atoms with Gasteiger partial charge in [0.05, 0.1) is 5.56 Å². The number of benzene rings is 2. The molecule has 0 spiro atoms. The summed E-state index contributed by atoms with van der Waals surface area (Å²) in [5.74, 6) is -0.356. The van der Waals surface area contributed by atoms with Crippen molar-refractivity contribution in [2.24, 2.45) is 5.73 Å². The van der Waals surface area contributed by atoms with Gasteiger partial charge in [-0.25, -0.2) is 0 Å². The minimum absolute atomic E-state index is 0.0127. The summed E-state index contributed by atoms with van der Waals surface area (Å²) in [4.78, 5) is 11.9. The number of nitrogens with two attached hydrogens (primary N) is 1. The Labute approximate surface area is 154 Å². The lowest BCUT2D eigenvalue weighted by molar-refractivity contribution is -0.137. The number of halogens is 3. The number of amides is 1. The standard InChI is InChI=1S/C19H21F3N2O3/c20-19(21,22)14-7-4-8-16(9-14)27-12-15(25)11-24-18(26)10-17(23)13-5-2-1-3-6-13/h1-9,15,17,25H,10-12,23H2,(H,24,26). The van der Waals surface area contributed by atoms with Crippen LogP contribution in [0.1, 0.15) is 23.6 Å². The highest BCUT2D eigenvalue weighted by Gasteiger charge is 2.30. The normalized spacial score (nSPS) is 13.7. The first-order valence-corrected chi connectivity index (χ1v) is 8.31. The molecule has 0 saturated carbocycles. The number of hydrogen-bond donors (Lipinski definition) is 3. The van der Waals surface area contributed by atoms with Crippen LogP contribution in [0.25, 0.3) is 0 Å². The predicted molar refractivity (Wildman–Crippen MR) is 93.9 cm³/mol. The predicted octanol–water partition coefficient (Wildman–Crippen LogP) is 2.65. The summed E-state index contributed by atoms with van der Waals surface area (Å²) < 4.78 is 43.1. The fourth-order valence-electron chi connectivity index (χ4n) is 2.34. The average molecular weight is 382 g/mol. The van der Waals surface area contributed by atoms with Gasteiger partial charge in [0, 0.05) is 19.0 Å². The van der Waals surface area contributed by atoms with Crippen LogP contribution in [-0.4, -0.2) is 30.3 Å². The van der Waals surface area contributed by atoms with E-state index in [0.29, 0.717) is 0 Å².